The molecule has 2 aromatic heterocycles. The topological polar surface area (TPSA) is 17.3 Å². The summed E-state index contributed by atoms with van der Waals surface area (Å²) in [5, 5.41) is 0. The number of fused-ring (bicyclic) bond motifs is 1. The highest BCUT2D eigenvalue weighted by Gasteiger charge is 2.05. The number of rotatable bonds is 4. The van der Waals surface area contributed by atoms with Crippen LogP contribution >= 0.6 is 15.9 Å². The van der Waals surface area contributed by atoms with Crippen molar-refractivity contribution in [2.75, 3.05) is 0 Å². The zero-order chi connectivity index (χ0) is 13.1. The van der Waals surface area contributed by atoms with Crippen molar-refractivity contribution in [2.45, 2.75) is 19.3 Å². The molecular weight excluding hydrogens is 300 g/mol. The highest BCUT2D eigenvalue weighted by atomic mass is 79.9. The molecule has 2 heterocycles. The van der Waals surface area contributed by atoms with E-state index in [9.17, 15) is 0 Å². The molecule has 1 aromatic carbocycles. The molecule has 0 saturated heterocycles. The first-order valence-corrected chi connectivity index (χ1v) is 7.28. The second kappa shape index (κ2) is 5.57. The van der Waals surface area contributed by atoms with Gasteiger partial charge in [-0.3, -0.25) is 4.98 Å². The molecule has 0 bridgehead atoms. The minimum absolute atomic E-state index is 1.01. The molecule has 3 aromatic rings. The molecule has 0 unspecified atom stereocenters. The van der Waals surface area contributed by atoms with Crippen LogP contribution in [0.5, 0.6) is 0 Å². The lowest BCUT2D eigenvalue weighted by Gasteiger charge is -2.05. The van der Waals surface area contributed by atoms with E-state index in [0.29, 0.717) is 0 Å². The van der Waals surface area contributed by atoms with Crippen LogP contribution in [0.15, 0.2) is 59.5 Å². The molecule has 0 saturated carbocycles. The Bertz CT molecular complexity index is 674. The van der Waals surface area contributed by atoms with Crippen molar-refractivity contribution in [2.24, 2.45) is 0 Å². The summed E-state index contributed by atoms with van der Waals surface area (Å²) in [5.41, 5.74) is 3.76. The molecule has 0 spiro atoms. The standard InChI is InChI=1S/C16H15BrN2/c17-16-10-9-15-14(18-11-12-19(15)16)8-4-7-13-5-2-1-3-6-13/h1-3,5-6,9-12H,4,7-8H2. The van der Waals surface area contributed by atoms with Gasteiger partial charge >= 0.3 is 0 Å². The molecule has 19 heavy (non-hydrogen) atoms. The Hall–Kier alpha value is -1.61. The Balaban J connectivity index is 1.72. The maximum absolute atomic E-state index is 4.51. The SMILES string of the molecule is Brc1ccc2c(CCCc3ccccc3)nccn12. The van der Waals surface area contributed by atoms with Crippen molar-refractivity contribution in [3.8, 4) is 0 Å². The Kier molecular flexibility index (Phi) is 3.65. The first-order chi connectivity index (χ1) is 9.34. The predicted molar refractivity (Wildman–Crippen MR) is 81.4 cm³/mol. The van der Waals surface area contributed by atoms with Gasteiger partial charge in [0.1, 0.15) is 0 Å². The monoisotopic (exact) mass is 314 g/mol. The van der Waals surface area contributed by atoms with E-state index in [1.54, 1.807) is 0 Å². The van der Waals surface area contributed by atoms with Crippen molar-refractivity contribution in [3.05, 3.63) is 70.7 Å². The fraction of sp³-hybridized carbons (Fsp3) is 0.188. The average molecular weight is 315 g/mol. The maximum Gasteiger partial charge on any atom is 0.0893 e. The van der Waals surface area contributed by atoms with Crippen LogP contribution in [0.25, 0.3) is 5.52 Å². The highest BCUT2D eigenvalue weighted by molar-refractivity contribution is 9.10. The van der Waals surface area contributed by atoms with Gasteiger partial charge in [-0.25, -0.2) is 0 Å². The number of nitrogens with zero attached hydrogens (tertiary/aromatic N) is 2. The summed E-state index contributed by atoms with van der Waals surface area (Å²) in [6.07, 6.45) is 7.09. The van der Waals surface area contributed by atoms with Crippen LogP contribution < -0.4 is 0 Å². The largest absolute Gasteiger partial charge is 0.308 e. The van der Waals surface area contributed by atoms with E-state index in [-0.39, 0.29) is 0 Å². The van der Waals surface area contributed by atoms with Crippen LogP contribution in [-0.2, 0) is 12.8 Å². The van der Waals surface area contributed by atoms with Crippen molar-refractivity contribution < 1.29 is 0 Å². The van der Waals surface area contributed by atoms with Crippen molar-refractivity contribution in [3.63, 3.8) is 0 Å². The van der Waals surface area contributed by atoms with Crippen molar-refractivity contribution in [1.82, 2.24) is 9.38 Å². The normalized spacial score (nSPS) is 11.0. The van der Waals surface area contributed by atoms with Gasteiger partial charge in [-0.1, -0.05) is 30.3 Å². The van der Waals surface area contributed by atoms with Gasteiger partial charge in [0, 0.05) is 12.4 Å². The van der Waals surface area contributed by atoms with Crippen LogP contribution in [0.4, 0.5) is 0 Å². The number of aromatic nitrogens is 2. The van der Waals surface area contributed by atoms with E-state index in [1.807, 2.05) is 12.4 Å². The van der Waals surface area contributed by atoms with Gasteiger partial charge in [-0.15, -0.1) is 0 Å². The number of aryl methyl sites for hydroxylation is 2. The minimum Gasteiger partial charge on any atom is -0.308 e. The maximum atomic E-state index is 4.51. The molecule has 0 atom stereocenters. The Morgan fingerprint density at radius 3 is 2.68 bits per heavy atom. The molecule has 3 heteroatoms. The first kappa shape index (κ1) is 12.4. The molecule has 0 aliphatic carbocycles. The molecule has 0 aliphatic rings. The summed E-state index contributed by atoms with van der Waals surface area (Å²) in [6.45, 7) is 0. The van der Waals surface area contributed by atoms with Gasteiger partial charge in [-0.05, 0) is 52.9 Å². The fourth-order valence-electron chi connectivity index (χ4n) is 2.36. The summed E-state index contributed by atoms with van der Waals surface area (Å²) in [5.74, 6) is 0. The number of hydrogen-bond donors (Lipinski definition) is 0. The van der Waals surface area contributed by atoms with E-state index in [2.05, 4.69) is 67.8 Å². The van der Waals surface area contributed by atoms with Crippen LogP contribution in [0.3, 0.4) is 0 Å². The fourth-order valence-corrected chi connectivity index (χ4v) is 2.80. The van der Waals surface area contributed by atoms with Gasteiger partial charge in [0.05, 0.1) is 15.8 Å². The van der Waals surface area contributed by atoms with E-state index in [1.165, 1.54) is 16.8 Å². The van der Waals surface area contributed by atoms with E-state index < -0.39 is 0 Å². The lowest BCUT2D eigenvalue weighted by atomic mass is 10.1. The molecule has 2 nitrogen and oxygen atoms in total. The number of benzene rings is 1. The molecule has 0 N–H and O–H groups in total. The highest BCUT2D eigenvalue weighted by Crippen LogP contribution is 2.19. The van der Waals surface area contributed by atoms with Gasteiger partial charge in [0.2, 0.25) is 0 Å². The van der Waals surface area contributed by atoms with E-state index in [4.69, 9.17) is 0 Å². The predicted octanol–water partition coefficient (Wildman–Crippen LogP) is 4.27. The van der Waals surface area contributed by atoms with E-state index in [0.717, 1.165) is 23.9 Å². The Morgan fingerprint density at radius 1 is 1.00 bits per heavy atom. The van der Waals surface area contributed by atoms with Crippen LogP contribution in [0.2, 0.25) is 0 Å². The minimum atomic E-state index is 1.01. The molecular formula is C16H15BrN2. The number of halogens is 1. The Morgan fingerprint density at radius 2 is 1.84 bits per heavy atom. The van der Waals surface area contributed by atoms with Gasteiger partial charge < -0.3 is 4.40 Å². The molecule has 0 radical (unpaired) electrons. The van der Waals surface area contributed by atoms with Gasteiger partial charge in [-0.2, -0.15) is 0 Å². The van der Waals surface area contributed by atoms with E-state index >= 15 is 0 Å². The third-order valence-corrected chi connectivity index (χ3v) is 3.98. The Labute approximate surface area is 121 Å². The second-order valence-electron chi connectivity index (χ2n) is 4.62. The molecule has 96 valence electrons. The first-order valence-electron chi connectivity index (χ1n) is 6.49. The van der Waals surface area contributed by atoms with Crippen molar-refractivity contribution in [1.29, 1.82) is 0 Å². The summed E-state index contributed by atoms with van der Waals surface area (Å²) < 4.78 is 3.21. The summed E-state index contributed by atoms with van der Waals surface area (Å²) >= 11 is 3.54. The number of hydrogen-bond acceptors (Lipinski definition) is 1. The lowest BCUT2D eigenvalue weighted by molar-refractivity contribution is 0.798. The smallest absolute Gasteiger partial charge is 0.0893 e. The quantitative estimate of drug-likeness (QED) is 0.703. The van der Waals surface area contributed by atoms with Gasteiger partial charge in [0.25, 0.3) is 0 Å². The molecule has 0 fully saturated rings. The third-order valence-electron chi connectivity index (χ3n) is 3.33. The summed E-state index contributed by atoms with van der Waals surface area (Å²) in [4.78, 5) is 4.51. The molecule has 0 amide bonds. The van der Waals surface area contributed by atoms with Crippen LogP contribution in [0.1, 0.15) is 17.7 Å². The third kappa shape index (κ3) is 2.71. The zero-order valence-electron chi connectivity index (χ0n) is 10.6. The summed E-state index contributed by atoms with van der Waals surface area (Å²) in [7, 11) is 0. The zero-order valence-corrected chi connectivity index (χ0v) is 12.2. The molecule has 0 aliphatic heterocycles. The lowest BCUT2D eigenvalue weighted by Crippen LogP contribution is -1.97. The summed E-state index contributed by atoms with van der Waals surface area (Å²) in [6, 6.07) is 14.8. The van der Waals surface area contributed by atoms with Crippen molar-refractivity contribution >= 4 is 21.4 Å². The molecule has 3 rings (SSSR count). The average Bonchev–Trinajstić information content (AvgIpc) is 2.83. The van der Waals surface area contributed by atoms with Crippen LogP contribution in [-0.4, -0.2) is 9.38 Å². The van der Waals surface area contributed by atoms with Gasteiger partial charge in [0.15, 0.2) is 0 Å². The second-order valence-corrected chi connectivity index (χ2v) is 5.44. The van der Waals surface area contributed by atoms with Crippen LogP contribution in [0, 0.1) is 0 Å².